The van der Waals surface area contributed by atoms with Gasteiger partial charge in [-0.15, -0.1) is 0 Å². The summed E-state index contributed by atoms with van der Waals surface area (Å²) in [6, 6.07) is 27.6. The van der Waals surface area contributed by atoms with Gasteiger partial charge in [0.2, 0.25) is 11.8 Å². The number of fused-ring (bicyclic) bond motifs is 5. The Morgan fingerprint density at radius 1 is 0.852 bits per heavy atom. The zero-order chi connectivity index (χ0) is 37.5. The first-order valence-electron chi connectivity index (χ1n) is 18.1. The summed E-state index contributed by atoms with van der Waals surface area (Å²) in [6.07, 6.45) is 4.27. The molecule has 270 valence electrons. The first-order valence-corrected chi connectivity index (χ1v) is 18.1. The quantitative estimate of drug-likeness (QED) is 0.132. The van der Waals surface area contributed by atoms with Crippen molar-refractivity contribution in [2.24, 2.45) is 29.6 Å². The van der Waals surface area contributed by atoms with Crippen molar-refractivity contribution in [3.8, 4) is 11.5 Å². The lowest BCUT2D eigenvalue weighted by atomic mass is 9.48. The molecule has 2 aliphatic carbocycles. The van der Waals surface area contributed by atoms with Gasteiger partial charge in [-0.2, -0.15) is 5.01 Å². The van der Waals surface area contributed by atoms with E-state index >= 15 is 4.79 Å². The fraction of sp³-hybridized carbons (Fsp3) is 0.238. The number of rotatable bonds is 6. The van der Waals surface area contributed by atoms with Gasteiger partial charge in [-0.25, -0.2) is 0 Å². The summed E-state index contributed by atoms with van der Waals surface area (Å²) in [5, 5.41) is 31.3. The summed E-state index contributed by atoms with van der Waals surface area (Å²) in [5.41, 5.74) is 6.45. The number of carbonyl (C=O) groups is 4. The molecule has 0 radical (unpaired) electrons. The highest BCUT2D eigenvalue weighted by Gasteiger charge is 2.70. The van der Waals surface area contributed by atoms with Crippen molar-refractivity contribution in [3.05, 3.63) is 137 Å². The molecule has 3 heterocycles. The minimum atomic E-state index is -1.79. The second-order valence-electron chi connectivity index (χ2n) is 14.9. The Labute approximate surface area is 311 Å². The van der Waals surface area contributed by atoms with Crippen LogP contribution in [0.4, 0.5) is 11.4 Å². The number of hydrazine groups is 1. The van der Waals surface area contributed by atoms with E-state index < -0.39 is 65.8 Å². The molecular weight excluding hydrogens is 685 g/mol. The number of carbonyl (C=O) groups excluding carboxylic acids is 4. The first kappa shape index (κ1) is 33.8. The summed E-state index contributed by atoms with van der Waals surface area (Å²) in [6.45, 7) is 1.95. The van der Waals surface area contributed by atoms with Gasteiger partial charge in [0.25, 0.3) is 11.8 Å². The molecule has 5 aliphatic rings. The van der Waals surface area contributed by atoms with Gasteiger partial charge in [-0.3, -0.25) is 29.5 Å². The summed E-state index contributed by atoms with van der Waals surface area (Å²) in [5.74, 6) is -4.94. The van der Waals surface area contributed by atoms with Crippen molar-refractivity contribution in [2.75, 3.05) is 10.3 Å². The third-order valence-electron chi connectivity index (χ3n) is 12.0. The Bertz CT molecular complexity index is 2310. The number of allylic oxidation sites excluding steroid dienone is 3. The van der Waals surface area contributed by atoms with Crippen LogP contribution >= 0.6 is 0 Å². The van der Waals surface area contributed by atoms with Crippen LogP contribution in [0.1, 0.15) is 29.5 Å². The van der Waals surface area contributed by atoms with Crippen LogP contribution in [0.3, 0.4) is 0 Å². The highest BCUT2D eigenvalue weighted by Crippen LogP contribution is 2.63. The molecular formula is C42H36BN3O8. The number of ether oxygens (including phenoxy) is 1. The maximum Gasteiger partial charge on any atom is 0.488 e. The number of aryl methyl sites for hydroxylation is 1. The normalized spacial score (nSPS) is 27.0. The van der Waals surface area contributed by atoms with Gasteiger partial charge in [0.1, 0.15) is 11.5 Å². The van der Waals surface area contributed by atoms with E-state index in [2.05, 4.69) is 5.43 Å². The molecule has 11 nitrogen and oxygen atoms in total. The Kier molecular flexibility index (Phi) is 7.88. The summed E-state index contributed by atoms with van der Waals surface area (Å²) in [7, 11) is -1.79. The molecule has 12 heteroatoms. The fourth-order valence-electron chi connectivity index (χ4n) is 9.64. The van der Waals surface area contributed by atoms with Crippen molar-refractivity contribution in [2.45, 2.75) is 31.6 Å². The number of amides is 4. The number of imide groups is 2. The predicted octanol–water partition coefficient (Wildman–Crippen LogP) is 3.92. The molecule has 4 aromatic carbocycles. The monoisotopic (exact) mass is 721 g/mol. The lowest BCUT2D eigenvalue weighted by Gasteiger charge is -2.51. The average molecular weight is 722 g/mol. The van der Waals surface area contributed by atoms with E-state index in [0.29, 0.717) is 34.6 Å². The van der Waals surface area contributed by atoms with Crippen LogP contribution in [-0.4, -0.2) is 50.9 Å². The SMILES string of the molecule is Cc1ccc(NN2C(=O)[C@@H]3C[C@@H]4C(=CC[C@@H]5C(=O)N(c6cccc(B(O)O)c6)C(=O)[C@@H]54)[C@H](C4=COc5ccc(O)cc5C4)[C@]3(c3ccccc3)C2=O)cc1. The van der Waals surface area contributed by atoms with Crippen LogP contribution in [0, 0.1) is 36.5 Å². The van der Waals surface area contributed by atoms with Crippen LogP contribution in [0.5, 0.6) is 11.5 Å². The van der Waals surface area contributed by atoms with Crippen LogP contribution < -0.4 is 20.5 Å². The van der Waals surface area contributed by atoms with Crippen molar-refractivity contribution in [1.82, 2.24) is 5.01 Å². The van der Waals surface area contributed by atoms with Gasteiger partial charge >= 0.3 is 7.12 Å². The molecule has 6 atom stereocenters. The number of phenolic OH excluding ortho intramolecular Hbond substituents is 1. The smallest absolute Gasteiger partial charge is 0.488 e. The largest absolute Gasteiger partial charge is 0.508 e. The van der Waals surface area contributed by atoms with E-state index in [-0.39, 0.29) is 29.7 Å². The van der Waals surface area contributed by atoms with Crippen LogP contribution in [0.25, 0.3) is 0 Å². The van der Waals surface area contributed by atoms with Crippen molar-refractivity contribution >= 4 is 47.6 Å². The second-order valence-corrected chi connectivity index (χ2v) is 14.9. The minimum Gasteiger partial charge on any atom is -0.508 e. The molecule has 0 spiro atoms. The molecule has 2 saturated heterocycles. The number of phenols is 1. The number of nitrogens with zero attached hydrogens (tertiary/aromatic N) is 2. The van der Waals surface area contributed by atoms with Crippen molar-refractivity contribution in [1.29, 1.82) is 0 Å². The van der Waals surface area contributed by atoms with Crippen LogP contribution in [-0.2, 0) is 31.0 Å². The average Bonchev–Trinajstić information content (AvgIpc) is 3.56. The van der Waals surface area contributed by atoms with E-state index in [9.17, 15) is 29.5 Å². The van der Waals surface area contributed by atoms with Crippen LogP contribution in [0.2, 0.25) is 0 Å². The number of aromatic hydroxyl groups is 1. The van der Waals surface area contributed by atoms with E-state index in [4.69, 9.17) is 4.74 Å². The summed E-state index contributed by atoms with van der Waals surface area (Å²) >= 11 is 0. The highest BCUT2D eigenvalue weighted by molar-refractivity contribution is 6.58. The van der Waals surface area contributed by atoms with Gasteiger partial charge < -0.3 is 19.9 Å². The molecule has 0 aromatic heterocycles. The molecule has 4 N–H and O–H groups in total. The maximum absolute atomic E-state index is 15.4. The van der Waals surface area contributed by atoms with E-state index in [1.165, 1.54) is 12.1 Å². The Morgan fingerprint density at radius 3 is 2.39 bits per heavy atom. The van der Waals surface area contributed by atoms with E-state index in [0.717, 1.165) is 21.0 Å². The predicted molar refractivity (Wildman–Crippen MR) is 199 cm³/mol. The van der Waals surface area contributed by atoms with E-state index in [1.54, 1.807) is 48.7 Å². The standard InChI is InChI=1S/C42H36BN3O8/c1-23-10-12-28(13-11-23)44-46-39(49)34-21-33-31(15-16-32-36(33)40(50)45(38(32)48)29-9-5-8-27(20-29)43(52)53)37(42(34,41(46)51)26-6-3-2-4-7-26)25-18-24-19-30(47)14-17-35(24)54-22-25/h2-15,17,19-20,22,32-34,36-37,44,47,52-53H,16,18,21H2,1H3/t32-,33+,34-,36-,37-,42+/m0/s1. The van der Waals surface area contributed by atoms with Gasteiger partial charge in [0, 0.05) is 17.9 Å². The first-order chi connectivity index (χ1) is 26.1. The van der Waals surface area contributed by atoms with Crippen molar-refractivity contribution < 1.29 is 39.1 Å². The lowest BCUT2D eigenvalue weighted by Crippen LogP contribution is -2.55. The van der Waals surface area contributed by atoms with E-state index in [1.807, 2.05) is 55.5 Å². The number of benzene rings is 4. The maximum atomic E-state index is 15.4. The number of hydrogen-bond acceptors (Lipinski definition) is 9. The zero-order valence-electron chi connectivity index (χ0n) is 29.3. The van der Waals surface area contributed by atoms with Gasteiger partial charge in [-0.1, -0.05) is 71.8 Å². The molecule has 54 heavy (non-hydrogen) atoms. The molecule has 3 fully saturated rings. The van der Waals surface area contributed by atoms with Gasteiger partial charge in [0.15, 0.2) is 0 Å². The Hall–Kier alpha value is -5.98. The number of anilines is 2. The third-order valence-corrected chi connectivity index (χ3v) is 12.0. The number of hydrogen-bond donors (Lipinski definition) is 4. The summed E-state index contributed by atoms with van der Waals surface area (Å²) in [4.78, 5) is 60.1. The number of nitrogens with one attached hydrogen (secondary N) is 1. The van der Waals surface area contributed by atoms with Gasteiger partial charge in [-0.05, 0) is 84.7 Å². The lowest BCUT2D eigenvalue weighted by molar-refractivity contribution is -0.139. The molecule has 4 aromatic rings. The molecule has 9 rings (SSSR count). The zero-order valence-corrected chi connectivity index (χ0v) is 29.3. The molecule has 3 aliphatic heterocycles. The molecule has 1 saturated carbocycles. The highest BCUT2D eigenvalue weighted by atomic mass is 16.5. The molecule has 0 unspecified atom stereocenters. The Balaban J connectivity index is 1.21. The second kappa shape index (κ2) is 12.6. The molecule has 4 amide bonds. The third kappa shape index (κ3) is 4.97. The van der Waals surface area contributed by atoms with Crippen LogP contribution in [0.15, 0.2) is 121 Å². The topological polar surface area (TPSA) is 157 Å². The van der Waals surface area contributed by atoms with Crippen molar-refractivity contribution in [3.63, 3.8) is 0 Å². The Morgan fingerprint density at radius 2 is 1.63 bits per heavy atom. The van der Waals surface area contributed by atoms with Gasteiger partial charge in [0.05, 0.1) is 40.8 Å². The minimum absolute atomic E-state index is 0.0593. The summed E-state index contributed by atoms with van der Waals surface area (Å²) < 4.78 is 6.18. The fourth-order valence-corrected chi connectivity index (χ4v) is 9.64. The molecule has 0 bridgehead atoms.